The highest BCUT2D eigenvalue weighted by molar-refractivity contribution is 7.15. The maximum absolute atomic E-state index is 12.6. The number of aliphatic carboxylic acids is 1. The predicted molar refractivity (Wildman–Crippen MR) is 98.7 cm³/mol. The number of hydrogen-bond acceptors (Lipinski definition) is 7. The van der Waals surface area contributed by atoms with Crippen LogP contribution in [-0.2, 0) is 4.79 Å². The van der Waals surface area contributed by atoms with Gasteiger partial charge in [0.15, 0.2) is 12.4 Å². The molecule has 0 saturated carbocycles. The number of benzene rings is 1. The second kappa shape index (κ2) is 6.96. The molecule has 1 aromatic carbocycles. The number of hydrogen-bond donors (Lipinski definition) is 1. The molecular weight excluding hydrogens is 368 g/mol. The first kappa shape index (κ1) is 16.9. The Kier molecular flexibility index (Phi) is 4.35. The second-order valence-electron chi connectivity index (χ2n) is 5.53. The SMILES string of the molecule is O=C(O)COc1ccc(/C=c2\sc3nc(-c4ccncc4)nn3c2=O)cc1. The number of ether oxygens (including phenoxy) is 1. The summed E-state index contributed by atoms with van der Waals surface area (Å²) in [5.74, 6) is -0.115. The van der Waals surface area contributed by atoms with Crippen LogP contribution >= 0.6 is 11.3 Å². The molecule has 0 radical (unpaired) electrons. The van der Waals surface area contributed by atoms with Crippen LogP contribution in [0.15, 0.2) is 53.6 Å². The molecule has 4 aromatic rings. The molecule has 134 valence electrons. The fourth-order valence-electron chi connectivity index (χ4n) is 2.41. The number of aromatic nitrogens is 4. The zero-order valence-electron chi connectivity index (χ0n) is 13.8. The van der Waals surface area contributed by atoms with E-state index < -0.39 is 12.6 Å². The molecule has 27 heavy (non-hydrogen) atoms. The van der Waals surface area contributed by atoms with Gasteiger partial charge in [0.25, 0.3) is 5.56 Å². The lowest BCUT2D eigenvalue weighted by molar-refractivity contribution is -0.139. The van der Waals surface area contributed by atoms with E-state index in [4.69, 9.17) is 9.84 Å². The molecule has 0 fully saturated rings. The third-order valence-corrected chi connectivity index (χ3v) is 4.62. The quantitative estimate of drug-likeness (QED) is 0.555. The number of nitrogens with zero attached hydrogens (tertiary/aromatic N) is 4. The number of carboxylic acid groups (broad SMARTS) is 1. The summed E-state index contributed by atoms with van der Waals surface area (Å²) in [4.78, 5) is 31.9. The van der Waals surface area contributed by atoms with Gasteiger partial charge in [-0.3, -0.25) is 9.78 Å². The molecule has 9 heteroatoms. The highest BCUT2D eigenvalue weighted by Crippen LogP contribution is 2.15. The van der Waals surface area contributed by atoms with Crippen LogP contribution in [0.5, 0.6) is 5.75 Å². The molecule has 0 unspecified atom stereocenters. The van der Waals surface area contributed by atoms with Gasteiger partial charge < -0.3 is 9.84 Å². The molecule has 1 N–H and O–H groups in total. The van der Waals surface area contributed by atoms with E-state index in [-0.39, 0.29) is 5.56 Å². The first-order chi connectivity index (χ1) is 13.1. The molecule has 4 rings (SSSR count). The van der Waals surface area contributed by atoms with Gasteiger partial charge in [0.2, 0.25) is 4.96 Å². The zero-order chi connectivity index (χ0) is 18.8. The summed E-state index contributed by atoms with van der Waals surface area (Å²) in [7, 11) is 0. The summed E-state index contributed by atoms with van der Waals surface area (Å²) in [6.45, 7) is -0.401. The van der Waals surface area contributed by atoms with Gasteiger partial charge >= 0.3 is 5.97 Å². The van der Waals surface area contributed by atoms with Crippen molar-refractivity contribution in [2.75, 3.05) is 6.61 Å². The Morgan fingerprint density at radius 2 is 1.93 bits per heavy atom. The lowest BCUT2D eigenvalue weighted by Crippen LogP contribution is -2.23. The molecule has 8 nitrogen and oxygen atoms in total. The van der Waals surface area contributed by atoms with Crippen LogP contribution in [0.4, 0.5) is 0 Å². The molecule has 0 aliphatic carbocycles. The predicted octanol–water partition coefficient (Wildman–Crippen LogP) is 1.22. The van der Waals surface area contributed by atoms with Crippen molar-refractivity contribution in [3.8, 4) is 17.1 Å². The molecule has 0 amide bonds. The third kappa shape index (κ3) is 3.53. The van der Waals surface area contributed by atoms with Crippen molar-refractivity contribution in [2.45, 2.75) is 0 Å². The van der Waals surface area contributed by atoms with Crippen molar-refractivity contribution < 1.29 is 14.6 Å². The minimum absolute atomic E-state index is 0.242. The summed E-state index contributed by atoms with van der Waals surface area (Å²) in [6, 6.07) is 10.4. The first-order valence-corrected chi connectivity index (χ1v) is 8.68. The van der Waals surface area contributed by atoms with Crippen LogP contribution in [0.25, 0.3) is 22.4 Å². The number of carboxylic acids is 1. The largest absolute Gasteiger partial charge is 0.482 e. The van der Waals surface area contributed by atoms with E-state index >= 15 is 0 Å². The van der Waals surface area contributed by atoms with E-state index in [9.17, 15) is 9.59 Å². The Morgan fingerprint density at radius 1 is 1.19 bits per heavy atom. The smallest absolute Gasteiger partial charge is 0.341 e. The standard InChI is InChI=1S/C18H12N4O4S/c23-15(24)10-26-13-3-1-11(2-4-13)9-14-17(25)22-18(27-14)20-16(21-22)12-5-7-19-8-6-12/h1-9H,10H2,(H,23,24)/b14-9-. The van der Waals surface area contributed by atoms with E-state index in [0.29, 0.717) is 21.1 Å². The maximum atomic E-state index is 12.6. The van der Waals surface area contributed by atoms with Gasteiger partial charge in [0.05, 0.1) is 4.53 Å². The monoisotopic (exact) mass is 380 g/mol. The Labute approximate surface area is 156 Å². The number of fused-ring (bicyclic) bond motifs is 1. The molecule has 0 atom stereocenters. The van der Waals surface area contributed by atoms with Crippen molar-refractivity contribution in [3.63, 3.8) is 0 Å². The maximum Gasteiger partial charge on any atom is 0.341 e. The minimum atomic E-state index is -1.04. The van der Waals surface area contributed by atoms with Crippen LogP contribution < -0.4 is 14.8 Å². The van der Waals surface area contributed by atoms with Crippen LogP contribution in [0.3, 0.4) is 0 Å². The topological polar surface area (TPSA) is 107 Å². The minimum Gasteiger partial charge on any atom is -0.482 e. The highest BCUT2D eigenvalue weighted by atomic mass is 32.1. The van der Waals surface area contributed by atoms with Crippen molar-refractivity contribution in [3.05, 3.63) is 69.2 Å². The summed E-state index contributed by atoms with van der Waals surface area (Å²) in [5, 5.41) is 12.9. The number of thiazole rings is 1. The molecule has 0 spiro atoms. The van der Waals surface area contributed by atoms with E-state index in [1.807, 2.05) is 0 Å². The normalized spacial score (nSPS) is 11.8. The van der Waals surface area contributed by atoms with Gasteiger partial charge in [-0.2, -0.15) is 9.50 Å². The Hall–Kier alpha value is -3.59. The van der Waals surface area contributed by atoms with Crippen LogP contribution in [-0.4, -0.2) is 37.3 Å². The molecule has 0 aliphatic heterocycles. The average Bonchev–Trinajstić information content (AvgIpc) is 3.22. The first-order valence-electron chi connectivity index (χ1n) is 7.86. The molecule has 3 aromatic heterocycles. The average molecular weight is 380 g/mol. The summed E-state index contributed by atoms with van der Waals surface area (Å²) < 4.78 is 6.88. The van der Waals surface area contributed by atoms with Crippen molar-refractivity contribution in [1.82, 2.24) is 19.6 Å². The van der Waals surface area contributed by atoms with Crippen LogP contribution in [0, 0.1) is 0 Å². The Balaban J connectivity index is 1.64. The van der Waals surface area contributed by atoms with Gasteiger partial charge in [-0.25, -0.2) is 4.79 Å². The molecule has 0 aliphatic rings. The summed E-state index contributed by atoms with van der Waals surface area (Å²) >= 11 is 1.25. The lowest BCUT2D eigenvalue weighted by Gasteiger charge is -2.02. The summed E-state index contributed by atoms with van der Waals surface area (Å²) in [6.07, 6.45) is 5.02. The summed E-state index contributed by atoms with van der Waals surface area (Å²) in [5.41, 5.74) is 1.34. The van der Waals surface area contributed by atoms with E-state index in [0.717, 1.165) is 11.1 Å². The van der Waals surface area contributed by atoms with E-state index in [1.54, 1.807) is 54.9 Å². The van der Waals surface area contributed by atoms with E-state index in [2.05, 4.69) is 15.1 Å². The number of carbonyl (C=O) groups is 1. The highest BCUT2D eigenvalue weighted by Gasteiger charge is 2.11. The van der Waals surface area contributed by atoms with Gasteiger partial charge in [-0.1, -0.05) is 23.5 Å². The van der Waals surface area contributed by atoms with Gasteiger partial charge in [0, 0.05) is 18.0 Å². The second-order valence-corrected chi connectivity index (χ2v) is 6.54. The van der Waals surface area contributed by atoms with Crippen molar-refractivity contribution >= 4 is 28.3 Å². The number of pyridine rings is 1. The van der Waals surface area contributed by atoms with Gasteiger partial charge in [-0.15, -0.1) is 5.10 Å². The molecule has 3 heterocycles. The third-order valence-electron chi connectivity index (χ3n) is 3.66. The Bertz CT molecular complexity index is 1220. The molecular formula is C18H12N4O4S. The number of rotatable bonds is 5. The molecule has 0 saturated heterocycles. The fraction of sp³-hybridized carbons (Fsp3) is 0.0556. The van der Waals surface area contributed by atoms with Gasteiger partial charge in [-0.05, 0) is 35.9 Å². The lowest BCUT2D eigenvalue weighted by atomic mass is 10.2. The Morgan fingerprint density at radius 3 is 2.59 bits per heavy atom. The fourth-order valence-corrected chi connectivity index (χ4v) is 3.32. The van der Waals surface area contributed by atoms with Crippen LogP contribution in [0.1, 0.15) is 5.56 Å². The molecule has 0 bridgehead atoms. The van der Waals surface area contributed by atoms with Crippen molar-refractivity contribution in [2.24, 2.45) is 0 Å². The van der Waals surface area contributed by atoms with Crippen molar-refractivity contribution in [1.29, 1.82) is 0 Å². The van der Waals surface area contributed by atoms with Gasteiger partial charge in [0.1, 0.15) is 5.75 Å². The van der Waals surface area contributed by atoms with Crippen LogP contribution in [0.2, 0.25) is 0 Å². The van der Waals surface area contributed by atoms with E-state index in [1.165, 1.54) is 15.9 Å². The zero-order valence-corrected chi connectivity index (χ0v) is 14.6.